The zero-order chi connectivity index (χ0) is 16.9. The minimum Gasteiger partial charge on any atom is -0.497 e. The fourth-order valence-corrected chi connectivity index (χ4v) is 3.14. The number of ether oxygens (including phenoxy) is 1. The van der Waals surface area contributed by atoms with E-state index in [2.05, 4.69) is 15.5 Å². The molecule has 2 aromatic carbocycles. The quantitative estimate of drug-likeness (QED) is 0.717. The molecule has 0 bridgehead atoms. The van der Waals surface area contributed by atoms with Crippen molar-refractivity contribution in [1.29, 1.82) is 0 Å². The molecule has 0 fully saturated rings. The summed E-state index contributed by atoms with van der Waals surface area (Å²) < 4.78 is 5.11. The Bertz CT molecular complexity index is 847. The first-order chi connectivity index (χ1) is 11.7. The minimum absolute atomic E-state index is 0.0834. The molecule has 3 rings (SSSR count). The van der Waals surface area contributed by atoms with Crippen LogP contribution in [0.1, 0.15) is 6.92 Å². The van der Waals surface area contributed by atoms with Gasteiger partial charge in [0.2, 0.25) is 5.91 Å². The van der Waals surface area contributed by atoms with Crippen molar-refractivity contribution in [3.8, 4) is 5.75 Å². The second-order valence-electron chi connectivity index (χ2n) is 5.21. The molecule has 0 saturated carbocycles. The largest absolute Gasteiger partial charge is 0.497 e. The first-order valence-electron chi connectivity index (χ1n) is 7.49. The molecule has 1 aromatic heterocycles. The van der Waals surface area contributed by atoms with Crippen LogP contribution < -0.4 is 10.1 Å². The fourth-order valence-electron chi connectivity index (χ4n) is 2.23. The van der Waals surface area contributed by atoms with Gasteiger partial charge in [0, 0.05) is 16.5 Å². The number of anilines is 1. The predicted octanol–water partition coefficient (Wildman–Crippen LogP) is 3.76. The monoisotopic (exact) mass is 339 g/mol. The van der Waals surface area contributed by atoms with E-state index in [9.17, 15) is 4.79 Å². The summed E-state index contributed by atoms with van der Waals surface area (Å²) in [7, 11) is 1.61. The maximum atomic E-state index is 12.4. The van der Waals surface area contributed by atoms with Crippen LogP contribution in [0.2, 0.25) is 0 Å². The third-order valence-electron chi connectivity index (χ3n) is 3.55. The van der Waals surface area contributed by atoms with Gasteiger partial charge in [-0.05, 0) is 31.2 Å². The van der Waals surface area contributed by atoms with E-state index >= 15 is 0 Å². The second kappa shape index (κ2) is 7.31. The molecular formula is C18H17N3O2S. The number of amides is 1. The number of benzene rings is 2. The van der Waals surface area contributed by atoms with E-state index in [-0.39, 0.29) is 11.2 Å². The number of rotatable bonds is 5. The van der Waals surface area contributed by atoms with Gasteiger partial charge in [0.15, 0.2) is 0 Å². The molecule has 0 radical (unpaired) electrons. The standard InChI is InChI=1S/C18H17N3O2S/c1-12(17(22)20-14-7-9-15(23-2)10-8-14)24-18-16-6-4-3-5-13(16)11-19-21-18/h3-12H,1-2H3,(H,20,22)/t12-/m1/s1. The van der Waals surface area contributed by atoms with E-state index in [4.69, 9.17) is 4.74 Å². The van der Waals surface area contributed by atoms with Gasteiger partial charge in [0.1, 0.15) is 10.8 Å². The molecule has 0 aliphatic rings. The highest BCUT2D eigenvalue weighted by Crippen LogP contribution is 2.28. The van der Waals surface area contributed by atoms with Gasteiger partial charge in [-0.2, -0.15) is 5.10 Å². The van der Waals surface area contributed by atoms with E-state index in [0.717, 1.165) is 27.2 Å². The third kappa shape index (κ3) is 3.65. The highest BCUT2D eigenvalue weighted by molar-refractivity contribution is 8.00. The number of fused-ring (bicyclic) bond motifs is 1. The van der Waals surface area contributed by atoms with Gasteiger partial charge in [-0.1, -0.05) is 36.0 Å². The van der Waals surface area contributed by atoms with Crippen molar-refractivity contribution >= 4 is 34.1 Å². The summed E-state index contributed by atoms with van der Waals surface area (Å²) in [6.45, 7) is 1.85. The maximum absolute atomic E-state index is 12.4. The van der Waals surface area contributed by atoms with E-state index < -0.39 is 0 Å². The first-order valence-corrected chi connectivity index (χ1v) is 8.37. The molecule has 122 valence electrons. The minimum atomic E-state index is -0.299. The van der Waals surface area contributed by atoms with Crippen molar-refractivity contribution in [2.75, 3.05) is 12.4 Å². The number of carbonyl (C=O) groups excluding carboxylic acids is 1. The first kappa shape index (κ1) is 16.3. The van der Waals surface area contributed by atoms with Crippen LogP contribution in [-0.2, 0) is 4.79 Å². The lowest BCUT2D eigenvalue weighted by Crippen LogP contribution is -2.22. The molecule has 24 heavy (non-hydrogen) atoms. The average molecular weight is 339 g/mol. The summed E-state index contributed by atoms with van der Waals surface area (Å²) in [5, 5.41) is 13.6. The van der Waals surface area contributed by atoms with Crippen LogP contribution in [0.15, 0.2) is 59.8 Å². The Morgan fingerprint density at radius 2 is 1.92 bits per heavy atom. The van der Waals surface area contributed by atoms with Gasteiger partial charge < -0.3 is 10.1 Å². The summed E-state index contributed by atoms with van der Waals surface area (Å²) in [6.07, 6.45) is 1.72. The molecule has 0 unspecified atom stereocenters. The third-order valence-corrected chi connectivity index (χ3v) is 4.64. The van der Waals surface area contributed by atoms with Crippen molar-refractivity contribution in [2.24, 2.45) is 0 Å². The van der Waals surface area contributed by atoms with Crippen LogP contribution in [0.25, 0.3) is 10.8 Å². The number of carbonyl (C=O) groups is 1. The van der Waals surface area contributed by atoms with Crippen molar-refractivity contribution in [3.05, 3.63) is 54.7 Å². The summed E-state index contributed by atoms with van der Waals surface area (Å²) in [5.41, 5.74) is 0.734. The number of thioether (sulfide) groups is 1. The number of aromatic nitrogens is 2. The molecular weight excluding hydrogens is 322 g/mol. The van der Waals surface area contributed by atoms with Gasteiger partial charge in [0.25, 0.3) is 0 Å². The lowest BCUT2D eigenvalue weighted by atomic mass is 10.2. The molecule has 5 nitrogen and oxygen atoms in total. The van der Waals surface area contributed by atoms with Gasteiger partial charge in [0.05, 0.1) is 18.6 Å². The van der Waals surface area contributed by atoms with Crippen LogP contribution >= 0.6 is 11.8 Å². The number of nitrogens with one attached hydrogen (secondary N) is 1. The summed E-state index contributed by atoms with van der Waals surface area (Å²) in [6, 6.07) is 15.1. The Labute approximate surface area is 144 Å². The van der Waals surface area contributed by atoms with Crippen LogP contribution in [0.4, 0.5) is 5.69 Å². The molecule has 0 aliphatic carbocycles. The summed E-state index contributed by atoms with van der Waals surface area (Å²) >= 11 is 1.40. The molecule has 1 amide bonds. The van der Waals surface area contributed by atoms with E-state index in [1.165, 1.54) is 11.8 Å². The van der Waals surface area contributed by atoms with Crippen LogP contribution in [0.5, 0.6) is 5.75 Å². The van der Waals surface area contributed by atoms with Crippen LogP contribution in [0, 0.1) is 0 Å². The van der Waals surface area contributed by atoms with E-state index in [0.29, 0.717) is 0 Å². The normalized spacial score (nSPS) is 11.9. The van der Waals surface area contributed by atoms with Crippen LogP contribution in [-0.4, -0.2) is 28.5 Å². The Kier molecular flexibility index (Phi) is 4.96. The SMILES string of the molecule is COc1ccc(NC(=O)[C@@H](C)Sc2nncc3ccccc23)cc1. The summed E-state index contributed by atoms with van der Waals surface area (Å²) in [5.74, 6) is 0.668. The lowest BCUT2D eigenvalue weighted by molar-refractivity contribution is -0.115. The van der Waals surface area contributed by atoms with Crippen molar-refractivity contribution in [1.82, 2.24) is 10.2 Å². The Hall–Kier alpha value is -2.60. The molecule has 1 heterocycles. The van der Waals surface area contributed by atoms with Gasteiger partial charge in [-0.25, -0.2) is 0 Å². The zero-order valence-electron chi connectivity index (χ0n) is 13.4. The van der Waals surface area contributed by atoms with Crippen LogP contribution in [0.3, 0.4) is 0 Å². The second-order valence-corrected chi connectivity index (χ2v) is 6.54. The Balaban J connectivity index is 1.71. The fraction of sp³-hybridized carbons (Fsp3) is 0.167. The highest BCUT2D eigenvalue weighted by Gasteiger charge is 2.17. The molecule has 0 aliphatic heterocycles. The number of methoxy groups -OCH3 is 1. The zero-order valence-corrected chi connectivity index (χ0v) is 14.2. The van der Waals surface area contributed by atoms with Gasteiger partial charge >= 0.3 is 0 Å². The number of hydrogen-bond donors (Lipinski definition) is 1. The van der Waals surface area contributed by atoms with Crippen molar-refractivity contribution in [2.45, 2.75) is 17.2 Å². The Morgan fingerprint density at radius 3 is 2.67 bits per heavy atom. The lowest BCUT2D eigenvalue weighted by Gasteiger charge is -2.12. The van der Waals surface area contributed by atoms with Gasteiger partial charge in [-0.3, -0.25) is 4.79 Å². The number of nitrogens with zero attached hydrogens (tertiary/aromatic N) is 2. The highest BCUT2D eigenvalue weighted by atomic mass is 32.2. The topological polar surface area (TPSA) is 64.1 Å². The molecule has 6 heteroatoms. The van der Waals surface area contributed by atoms with E-state index in [1.807, 2.05) is 55.5 Å². The molecule has 3 aromatic rings. The predicted molar refractivity (Wildman–Crippen MR) is 96.5 cm³/mol. The number of hydrogen-bond acceptors (Lipinski definition) is 5. The molecule has 0 spiro atoms. The van der Waals surface area contributed by atoms with Crippen molar-refractivity contribution in [3.63, 3.8) is 0 Å². The Morgan fingerprint density at radius 1 is 1.17 bits per heavy atom. The molecule has 1 atom stereocenters. The molecule has 1 N–H and O–H groups in total. The molecule has 0 saturated heterocycles. The van der Waals surface area contributed by atoms with Crippen molar-refractivity contribution < 1.29 is 9.53 Å². The smallest absolute Gasteiger partial charge is 0.237 e. The van der Waals surface area contributed by atoms with E-state index in [1.54, 1.807) is 13.3 Å². The maximum Gasteiger partial charge on any atom is 0.237 e. The summed E-state index contributed by atoms with van der Waals surface area (Å²) in [4.78, 5) is 12.4. The average Bonchev–Trinajstić information content (AvgIpc) is 2.62. The van der Waals surface area contributed by atoms with Gasteiger partial charge in [-0.15, -0.1) is 5.10 Å².